The molecule has 25 heavy (non-hydrogen) atoms. The smallest absolute Gasteiger partial charge is 0.259 e. The predicted molar refractivity (Wildman–Crippen MR) is 92.0 cm³/mol. The van der Waals surface area contributed by atoms with Gasteiger partial charge >= 0.3 is 0 Å². The number of benzene rings is 2. The second kappa shape index (κ2) is 7.04. The molecule has 1 N–H and O–H groups in total. The Morgan fingerprint density at radius 1 is 1.12 bits per heavy atom. The lowest BCUT2D eigenvalue weighted by molar-refractivity contribution is 0.102. The van der Waals surface area contributed by atoms with Crippen molar-refractivity contribution in [3.8, 4) is 22.9 Å². The molecule has 1 heterocycles. The van der Waals surface area contributed by atoms with Crippen molar-refractivity contribution < 1.29 is 18.8 Å². The number of amides is 1. The van der Waals surface area contributed by atoms with Crippen molar-refractivity contribution in [1.82, 2.24) is 10.1 Å². The van der Waals surface area contributed by atoms with Crippen molar-refractivity contribution in [3.05, 3.63) is 53.9 Å². The average molecular weight is 339 g/mol. The van der Waals surface area contributed by atoms with E-state index in [1.807, 2.05) is 12.1 Å². The molecule has 3 rings (SSSR count). The van der Waals surface area contributed by atoms with Gasteiger partial charge in [0.15, 0.2) is 0 Å². The van der Waals surface area contributed by atoms with Gasteiger partial charge in [0.2, 0.25) is 11.7 Å². The summed E-state index contributed by atoms with van der Waals surface area (Å²) in [7, 11) is 3.06. The van der Waals surface area contributed by atoms with Gasteiger partial charge in [0, 0.05) is 24.2 Å². The minimum Gasteiger partial charge on any atom is -0.497 e. The van der Waals surface area contributed by atoms with E-state index in [4.69, 9.17) is 14.0 Å². The molecule has 128 valence electrons. The first-order chi connectivity index (χ1) is 12.1. The summed E-state index contributed by atoms with van der Waals surface area (Å²) < 4.78 is 15.4. The van der Waals surface area contributed by atoms with Gasteiger partial charge in [0.25, 0.3) is 5.91 Å². The lowest BCUT2D eigenvalue weighted by atomic mass is 10.1. The van der Waals surface area contributed by atoms with E-state index in [2.05, 4.69) is 15.5 Å². The first-order valence-electron chi connectivity index (χ1n) is 7.55. The van der Waals surface area contributed by atoms with Crippen LogP contribution in [0.3, 0.4) is 0 Å². The molecule has 7 nitrogen and oxygen atoms in total. The number of nitrogens with zero attached hydrogens (tertiary/aromatic N) is 2. The number of rotatable bonds is 5. The third-order valence-corrected chi connectivity index (χ3v) is 3.56. The van der Waals surface area contributed by atoms with E-state index in [0.717, 1.165) is 5.56 Å². The number of aromatic nitrogens is 2. The summed E-state index contributed by atoms with van der Waals surface area (Å²) in [6, 6.07) is 12.2. The summed E-state index contributed by atoms with van der Waals surface area (Å²) in [5, 5.41) is 6.72. The summed E-state index contributed by atoms with van der Waals surface area (Å²) in [4.78, 5) is 16.7. The quantitative estimate of drug-likeness (QED) is 0.767. The SMILES string of the molecule is COc1ccc(C(=O)Nc2cccc(-c3noc(C)n3)c2)c(OC)c1. The van der Waals surface area contributed by atoms with Crippen LogP contribution in [0.1, 0.15) is 16.2 Å². The van der Waals surface area contributed by atoms with Crippen LogP contribution in [0.2, 0.25) is 0 Å². The van der Waals surface area contributed by atoms with Crippen LogP contribution in [-0.2, 0) is 0 Å². The van der Waals surface area contributed by atoms with Gasteiger partial charge in [-0.3, -0.25) is 4.79 Å². The molecule has 1 aromatic heterocycles. The minimum absolute atomic E-state index is 0.291. The largest absolute Gasteiger partial charge is 0.497 e. The van der Waals surface area contributed by atoms with Gasteiger partial charge in [-0.1, -0.05) is 17.3 Å². The third kappa shape index (κ3) is 3.60. The molecule has 0 bridgehead atoms. The highest BCUT2D eigenvalue weighted by Crippen LogP contribution is 2.26. The lowest BCUT2D eigenvalue weighted by Gasteiger charge is -2.11. The van der Waals surface area contributed by atoms with Crippen LogP contribution in [0.25, 0.3) is 11.4 Å². The monoisotopic (exact) mass is 339 g/mol. The molecule has 7 heteroatoms. The molecular formula is C18H17N3O4. The van der Waals surface area contributed by atoms with Gasteiger partial charge < -0.3 is 19.3 Å². The van der Waals surface area contributed by atoms with Gasteiger partial charge in [0.1, 0.15) is 11.5 Å². The van der Waals surface area contributed by atoms with E-state index < -0.39 is 0 Å². The average Bonchev–Trinajstić information content (AvgIpc) is 3.07. The number of aryl methyl sites for hydroxylation is 1. The molecule has 0 atom stereocenters. The molecule has 0 spiro atoms. The zero-order valence-corrected chi connectivity index (χ0v) is 14.1. The maximum absolute atomic E-state index is 12.6. The normalized spacial score (nSPS) is 10.4. The molecule has 0 aliphatic rings. The molecule has 0 aliphatic carbocycles. The maximum atomic E-state index is 12.6. The van der Waals surface area contributed by atoms with Crippen molar-refractivity contribution in [2.45, 2.75) is 6.92 Å². The van der Waals surface area contributed by atoms with Gasteiger partial charge in [0.05, 0.1) is 19.8 Å². The Bertz CT molecular complexity index is 905. The Hall–Kier alpha value is -3.35. The van der Waals surface area contributed by atoms with Crippen molar-refractivity contribution in [2.75, 3.05) is 19.5 Å². The first kappa shape index (κ1) is 16.5. The van der Waals surface area contributed by atoms with Gasteiger partial charge in [-0.25, -0.2) is 0 Å². The maximum Gasteiger partial charge on any atom is 0.259 e. The third-order valence-electron chi connectivity index (χ3n) is 3.56. The number of nitrogens with one attached hydrogen (secondary N) is 1. The molecule has 3 aromatic rings. The molecule has 0 radical (unpaired) electrons. The molecule has 2 aromatic carbocycles. The van der Waals surface area contributed by atoms with Crippen molar-refractivity contribution in [1.29, 1.82) is 0 Å². The molecule has 1 amide bonds. The summed E-state index contributed by atoms with van der Waals surface area (Å²) >= 11 is 0. The lowest BCUT2D eigenvalue weighted by Crippen LogP contribution is -2.13. The molecular weight excluding hydrogens is 322 g/mol. The van der Waals surface area contributed by atoms with Crippen LogP contribution >= 0.6 is 0 Å². The first-order valence-corrected chi connectivity index (χ1v) is 7.55. The predicted octanol–water partition coefficient (Wildman–Crippen LogP) is 3.31. The minimum atomic E-state index is -0.291. The van der Waals surface area contributed by atoms with Crippen LogP contribution in [0, 0.1) is 6.92 Å². The zero-order valence-electron chi connectivity index (χ0n) is 14.1. The highest BCUT2D eigenvalue weighted by molar-refractivity contribution is 6.06. The summed E-state index contributed by atoms with van der Waals surface area (Å²) in [5.74, 6) is 1.70. The highest BCUT2D eigenvalue weighted by atomic mass is 16.5. The number of hydrogen-bond donors (Lipinski definition) is 1. The zero-order chi connectivity index (χ0) is 17.8. The Balaban J connectivity index is 1.84. The van der Waals surface area contributed by atoms with E-state index in [1.54, 1.807) is 44.4 Å². The van der Waals surface area contributed by atoms with E-state index in [-0.39, 0.29) is 5.91 Å². The van der Waals surface area contributed by atoms with E-state index in [9.17, 15) is 4.79 Å². The van der Waals surface area contributed by atoms with Crippen molar-refractivity contribution in [3.63, 3.8) is 0 Å². The van der Waals surface area contributed by atoms with Crippen molar-refractivity contribution >= 4 is 11.6 Å². The number of carbonyl (C=O) groups excluding carboxylic acids is 1. The Morgan fingerprint density at radius 2 is 1.96 bits per heavy atom. The van der Waals surface area contributed by atoms with Crippen LogP contribution in [0.15, 0.2) is 47.0 Å². The van der Waals surface area contributed by atoms with E-state index >= 15 is 0 Å². The van der Waals surface area contributed by atoms with Crippen LogP contribution < -0.4 is 14.8 Å². The topological polar surface area (TPSA) is 86.5 Å². The second-order valence-electron chi connectivity index (χ2n) is 5.24. The number of methoxy groups -OCH3 is 2. The number of carbonyl (C=O) groups is 1. The van der Waals surface area contributed by atoms with Crippen LogP contribution in [0.5, 0.6) is 11.5 Å². The number of anilines is 1. The fourth-order valence-corrected chi connectivity index (χ4v) is 2.34. The number of ether oxygens (including phenoxy) is 2. The van der Waals surface area contributed by atoms with E-state index in [1.165, 1.54) is 7.11 Å². The summed E-state index contributed by atoms with van der Waals surface area (Å²) in [6.45, 7) is 1.72. The molecule has 0 saturated heterocycles. The molecule has 0 aliphatic heterocycles. The molecule has 0 fully saturated rings. The standard InChI is InChI=1S/C18H17N3O4/c1-11-19-17(21-25-11)12-5-4-6-13(9-12)20-18(22)15-8-7-14(23-2)10-16(15)24-3/h4-10H,1-3H3,(H,20,22). The Labute approximate surface area is 144 Å². The van der Waals surface area contributed by atoms with Crippen LogP contribution in [0.4, 0.5) is 5.69 Å². The van der Waals surface area contributed by atoms with Gasteiger partial charge in [-0.2, -0.15) is 4.98 Å². The van der Waals surface area contributed by atoms with Gasteiger partial charge in [-0.15, -0.1) is 0 Å². The highest BCUT2D eigenvalue weighted by Gasteiger charge is 2.14. The fraction of sp³-hybridized carbons (Fsp3) is 0.167. The van der Waals surface area contributed by atoms with Gasteiger partial charge in [-0.05, 0) is 24.3 Å². The van der Waals surface area contributed by atoms with Crippen molar-refractivity contribution in [2.24, 2.45) is 0 Å². The summed E-state index contributed by atoms with van der Waals surface area (Å²) in [6.07, 6.45) is 0. The Kier molecular flexibility index (Phi) is 4.65. The van der Waals surface area contributed by atoms with Crippen LogP contribution in [-0.4, -0.2) is 30.3 Å². The second-order valence-corrected chi connectivity index (χ2v) is 5.24. The molecule has 0 saturated carbocycles. The summed E-state index contributed by atoms with van der Waals surface area (Å²) in [5.41, 5.74) is 1.77. The Morgan fingerprint density at radius 3 is 2.64 bits per heavy atom. The number of hydrogen-bond acceptors (Lipinski definition) is 6. The fourth-order valence-electron chi connectivity index (χ4n) is 2.34. The molecule has 0 unspecified atom stereocenters. The van der Waals surface area contributed by atoms with E-state index in [0.29, 0.717) is 34.5 Å².